The minimum atomic E-state index is -3.64. The number of aromatic carboxylic acids is 2. The summed E-state index contributed by atoms with van der Waals surface area (Å²) in [5, 5.41) is 21.2. The van der Waals surface area contributed by atoms with Crippen molar-refractivity contribution in [3.05, 3.63) is 29.3 Å². The van der Waals surface area contributed by atoms with Gasteiger partial charge in [0.15, 0.2) is 0 Å². The zero-order valence-corrected chi connectivity index (χ0v) is 15.4. The van der Waals surface area contributed by atoms with Gasteiger partial charge in [0.1, 0.15) is 0 Å². The predicted octanol–water partition coefficient (Wildman–Crippen LogP) is -8.21. The summed E-state index contributed by atoms with van der Waals surface area (Å²) in [6.45, 7) is 0. The molecular weight excluding hydrogens is 296 g/mol. The molecule has 1 aromatic rings. The molecular formula is C9H7NNa2O6S. The number of rotatable bonds is 4. The van der Waals surface area contributed by atoms with Gasteiger partial charge in [0.2, 0.25) is 10.0 Å². The van der Waals surface area contributed by atoms with Crippen LogP contribution in [0, 0.1) is 0 Å². The van der Waals surface area contributed by atoms with Crippen LogP contribution in [-0.4, -0.2) is 26.6 Å². The molecule has 7 nitrogen and oxygen atoms in total. The summed E-state index contributed by atoms with van der Waals surface area (Å²) in [4.78, 5) is 21.2. The standard InChI is InChI=1S/C9H9NO6S.2Na/c1-17(15,16)10-7-3-5(8(11)12)2-6(4-7)9(13)14;;/h2-4,10H,1H3,(H,11,12)(H,13,14);;/q;2*+1/p-2. The second-order valence-corrected chi connectivity index (χ2v) is 5.00. The predicted molar refractivity (Wildman–Crippen MR) is 53.6 cm³/mol. The maximum absolute atomic E-state index is 10.9. The molecule has 1 aromatic carbocycles. The van der Waals surface area contributed by atoms with E-state index < -0.39 is 33.1 Å². The number of hydrogen-bond acceptors (Lipinski definition) is 6. The fourth-order valence-corrected chi connectivity index (χ4v) is 1.68. The first-order valence-electron chi connectivity index (χ1n) is 4.24. The van der Waals surface area contributed by atoms with Crippen molar-refractivity contribution in [3.63, 3.8) is 0 Å². The van der Waals surface area contributed by atoms with Gasteiger partial charge in [-0.25, -0.2) is 8.42 Å². The Bertz CT molecular complexity index is 554. The molecule has 0 radical (unpaired) electrons. The van der Waals surface area contributed by atoms with E-state index in [1.54, 1.807) is 0 Å². The second-order valence-electron chi connectivity index (χ2n) is 3.25. The van der Waals surface area contributed by atoms with Crippen LogP contribution in [0.3, 0.4) is 0 Å². The van der Waals surface area contributed by atoms with Gasteiger partial charge < -0.3 is 19.8 Å². The van der Waals surface area contributed by atoms with E-state index in [9.17, 15) is 28.2 Å². The Morgan fingerprint density at radius 2 is 1.37 bits per heavy atom. The van der Waals surface area contributed by atoms with E-state index in [0.717, 1.165) is 24.5 Å². The van der Waals surface area contributed by atoms with Gasteiger partial charge in [-0.3, -0.25) is 4.72 Å². The zero-order valence-electron chi connectivity index (χ0n) is 10.6. The molecule has 0 bridgehead atoms. The van der Waals surface area contributed by atoms with Crippen LogP contribution in [-0.2, 0) is 10.0 Å². The molecule has 92 valence electrons. The molecule has 1 N–H and O–H groups in total. The van der Waals surface area contributed by atoms with Crippen LogP contribution in [0.5, 0.6) is 0 Å². The zero-order chi connectivity index (χ0) is 13.2. The van der Waals surface area contributed by atoms with Crippen molar-refractivity contribution in [2.24, 2.45) is 0 Å². The van der Waals surface area contributed by atoms with E-state index in [1.807, 2.05) is 4.72 Å². The number of carboxylic acid groups (broad SMARTS) is 2. The van der Waals surface area contributed by atoms with E-state index in [2.05, 4.69) is 0 Å². The van der Waals surface area contributed by atoms with E-state index in [-0.39, 0.29) is 64.8 Å². The van der Waals surface area contributed by atoms with Gasteiger partial charge in [-0.2, -0.15) is 0 Å². The molecule has 0 fully saturated rings. The first-order chi connectivity index (χ1) is 7.69. The number of carboxylic acids is 2. The fourth-order valence-electron chi connectivity index (χ4n) is 1.14. The third kappa shape index (κ3) is 7.31. The summed E-state index contributed by atoms with van der Waals surface area (Å²) in [5.74, 6) is -3.24. The molecule has 10 heteroatoms. The van der Waals surface area contributed by atoms with Crippen LogP contribution in [0.4, 0.5) is 5.69 Å². The molecule has 0 aliphatic carbocycles. The SMILES string of the molecule is CS(=O)(=O)Nc1cc(C(=O)[O-])cc(C(=O)[O-])c1.[Na+].[Na+]. The quantitative estimate of drug-likeness (QED) is 0.550. The third-order valence-electron chi connectivity index (χ3n) is 1.71. The van der Waals surface area contributed by atoms with Crippen molar-refractivity contribution in [2.75, 3.05) is 11.0 Å². The van der Waals surface area contributed by atoms with Crippen molar-refractivity contribution in [2.45, 2.75) is 0 Å². The number of carbonyl (C=O) groups excluding carboxylic acids is 2. The third-order valence-corrected chi connectivity index (χ3v) is 2.31. The van der Waals surface area contributed by atoms with Crippen LogP contribution in [0.1, 0.15) is 20.7 Å². The molecule has 0 aliphatic heterocycles. The Balaban J connectivity index is 0. The molecule has 19 heavy (non-hydrogen) atoms. The Morgan fingerprint density at radius 3 is 1.63 bits per heavy atom. The van der Waals surface area contributed by atoms with Crippen LogP contribution in [0.2, 0.25) is 0 Å². The molecule has 0 atom stereocenters. The topological polar surface area (TPSA) is 126 Å². The molecule has 1 rings (SSSR count). The minimum Gasteiger partial charge on any atom is -0.545 e. The minimum absolute atomic E-state index is 0. The van der Waals surface area contributed by atoms with Gasteiger partial charge in [-0.05, 0) is 29.3 Å². The van der Waals surface area contributed by atoms with Gasteiger partial charge in [0.25, 0.3) is 0 Å². The summed E-state index contributed by atoms with van der Waals surface area (Å²) in [6.07, 6.45) is 0.845. The van der Waals surface area contributed by atoms with Gasteiger partial charge in [-0.15, -0.1) is 0 Å². The fraction of sp³-hybridized carbons (Fsp3) is 0.111. The summed E-state index contributed by atoms with van der Waals surface area (Å²) in [6, 6.07) is 2.71. The Labute approximate surface area is 154 Å². The number of anilines is 1. The monoisotopic (exact) mass is 303 g/mol. The van der Waals surface area contributed by atoms with Crippen LogP contribution in [0.25, 0.3) is 0 Å². The molecule has 0 amide bonds. The largest absolute Gasteiger partial charge is 1.00 e. The molecule has 0 heterocycles. The van der Waals surface area contributed by atoms with E-state index in [4.69, 9.17) is 0 Å². The van der Waals surface area contributed by atoms with Gasteiger partial charge >= 0.3 is 59.1 Å². The van der Waals surface area contributed by atoms with Gasteiger partial charge in [-0.1, -0.05) is 0 Å². The normalized spacial score (nSPS) is 9.74. The van der Waals surface area contributed by atoms with E-state index >= 15 is 0 Å². The number of carbonyl (C=O) groups is 2. The average Bonchev–Trinajstić information content (AvgIpc) is 2.14. The number of sulfonamides is 1. The van der Waals surface area contributed by atoms with Gasteiger partial charge in [0.05, 0.1) is 18.2 Å². The number of nitrogens with one attached hydrogen (secondary N) is 1. The first kappa shape index (κ1) is 21.2. The molecule has 0 spiro atoms. The number of benzene rings is 1. The van der Waals surface area contributed by atoms with Gasteiger partial charge in [0, 0.05) is 5.69 Å². The molecule has 0 saturated heterocycles. The van der Waals surface area contributed by atoms with Crippen molar-refractivity contribution in [1.29, 1.82) is 0 Å². The second kappa shape index (κ2) is 8.25. The van der Waals surface area contributed by atoms with Crippen LogP contribution in [0.15, 0.2) is 18.2 Å². The summed E-state index contributed by atoms with van der Waals surface area (Å²) >= 11 is 0. The van der Waals surface area contributed by atoms with E-state index in [0.29, 0.717) is 0 Å². The maximum atomic E-state index is 10.9. The van der Waals surface area contributed by atoms with Crippen molar-refractivity contribution in [3.8, 4) is 0 Å². The number of hydrogen-bond donors (Lipinski definition) is 1. The van der Waals surface area contributed by atoms with Crippen molar-refractivity contribution >= 4 is 27.6 Å². The van der Waals surface area contributed by atoms with Crippen molar-refractivity contribution in [1.82, 2.24) is 0 Å². The van der Waals surface area contributed by atoms with Crippen LogP contribution >= 0.6 is 0 Å². The maximum Gasteiger partial charge on any atom is 1.00 e. The average molecular weight is 303 g/mol. The Hall–Kier alpha value is -0.0900. The molecule has 0 aliphatic rings. The Morgan fingerprint density at radius 1 is 1.00 bits per heavy atom. The summed E-state index contributed by atoms with van der Waals surface area (Å²) in [5.41, 5.74) is -1.11. The van der Waals surface area contributed by atoms with Crippen LogP contribution < -0.4 is 74.0 Å². The summed E-state index contributed by atoms with van der Waals surface area (Å²) < 4.78 is 23.8. The smallest absolute Gasteiger partial charge is 0.545 e. The first-order valence-corrected chi connectivity index (χ1v) is 6.14. The Kier molecular flexibility index (Phi) is 9.21. The molecule has 0 unspecified atom stereocenters. The molecule has 0 aromatic heterocycles. The molecule has 0 saturated carbocycles. The van der Waals surface area contributed by atoms with Crippen molar-refractivity contribution < 1.29 is 87.3 Å². The summed E-state index contributed by atoms with van der Waals surface area (Å²) in [7, 11) is -3.64. The van der Waals surface area contributed by atoms with E-state index in [1.165, 1.54) is 0 Å².